The molecule has 14 heavy (non-hydrogen) atoms. The Labute approximate surface area is 83.3 Å². The third-order valence-corrected chi connectivity index (χ3v) is 2.21. The normalized spacial score (nSPS) is 12.1. The smallest absolute Gasteiger partial charge is 0.163 e. The SMILES string of the molecule is COc1c(O)cccc1C(C)CC=O. The second-order valence-corrected chi connectivity index (χ2v) is 3.20. The summed E-state index contributed by atoms with van der Waals surface area (Å²) in [5.74, 6) is 0.638. The van der Waals surface area contributed by atoms with Crippen molar-refractivity contribution in [1.29, 1.82) is 0 Å². The van der Waals surface area contributed by atoms with Crippen LogP contribution >= 0.6 is 0 Å². The molecule has 0 heterocycles. The number of benzene rings is 1. The summed E-state index contributed by atoms with van der Waals surface area (Å²) in [5, 5.41) is 9.50. The average Bonchev–Trinajstić information content (AvgIpc) is 2.17. The first-order chi connectivity index (χ1) is 6.70. The molecule has 0 amide bonds. The predicted octanol–water partition coefficient (Wildman–Crippen LogP) is 2.09. The van der Waals surface area contributed by atoms with Gasteiger partial charge in [0.15, 0.2) is 11.5 Å². The fourth-order valence-corrected chi connectivity index (χ4v) is 1.42. The Morgan fingerprint density at radius 1 is 1.57 bits per heavy atom. The lowest BCUT2D eigenvalue weighted by atomic mass is 9.97. The van der Waals surface area contributed by atoms with Gasteiger partial charge in [-0.15, -0.1) is 0 Å². The minimum Gasteiger partial charge on any atom is -0.504 e. The van der Waals surface area contributed by atoms with E-state index in [0.717, 1.165) is 11.8 Å². The number of rotatable bonds is 4. The molecule has 3 heteroatoms. The lowest BCUT2D eigenvalue weighted by molar-refractivity contribution is -0.108. The molecule has 0 aromatic heterocycles. The van der Waals surface area contributed by atoms with Gasteiger partial charge in [0.2, 0.25) is 0 Å². The van der Waals surface area contributed by atoms with Crippen LogP contribution in [-0.4, -0.2) is 18.5 Å². The largest absolute Gasteiger partial charge is 0.504 e. The topological polar surface area (TPSA) is 46.5 Å². The zero-order valence-corrected chi connectivity index (χ0v) is 8.36. The molecule has 1 rings (SSSR count). The van der Waals surface area contributed by atoms with Gasteiger partial charge in [0.1, 0.15) is 6.29 Å². The van der Waals surface area contributed by atoms with Gasteiger partial charge in [-0.05, 0) is 12.0 Å². The summed E-state index contributed by atoms with van der Waals surface area (Å²) in [5.41, 5.74) is 0.861. The maximum Gasteiger partial charge on any atom is 0.163 e. The molecule has 0 saturated carbocycles. The first-order valence-corrected chi connectivity index (χ1v) is 4.50. The number of para-hydroxylation sites is 1. The van der Waals surface area contributed by atoms with Crippen molar-refractivity contribution in [2.24, 2.45) is 0 Å². The number of methoxy groups -OCH3 is 1. The van der Waals surface area contributed by atoms with Crippen molar-refractivity contribution in [3.63, 3.8) is 0 Å². The maximum atomic E-state index is 10.4. The van der Waals surface area contributed by atoms with Crippen LogP contribution in [0.5, 0.6) is 11.5 Å². The van der Waals surface area contributed by atoms with Gasteiger partial charge in [0.05, 0.1) is 7.11 Å². The van der Waals surface area contributed by atoms with Gasteiger partial charge in [-0.25, -0.2) is 0 Å². The van der Waals surface area contributed by atoms with E-state index in [9.17, 15) is 9.90 Å². The number of hydrogen-bond donors (Lipinski definition) is 1. The summed E-state index contributed by atoms with van der Waals surface area (Å²) in [6, 6.07) is 5.16. The quantitative estimate of drug-likeness (QED) is 0.746. The number of aromatic hydroxyl groups is 1. The highest BCUT2D eigenvalue weighted by Gasteiger charge is 2.13. The minimum absolute atomic E-state index is 0.0644. The molecule has 76 valence electrons. The van der Waals surface area contributed by atoms with Crippen LogP contribution in [0.3, 0.4) is 0 Å². The van der Waals surface area contributed by atoms with Crippen LogP contribution in [0, 0.1) is 0 Å². The number of phenolic OH excluding ortho intramolecular Hbond substituents is 1. The van der Waals surface area contributed by atoms with Gasteiger partial charge >= 0.3 is 0 Å². The second kappa shape index (κ2) is 4.65. The number of phenols is 1. The average molecular weight is 194 g/mol. The monoisotopic (exact) mass is 194 g/mol. The molecule has 1 unspecified atom stereocenters. The summed E-state index contributed by atoms with van der Waals surface area (Å²) >= 11 is 0. The molecule has 3 nitrogen and oxygen atoms in total. The Morgan fingerprint density at radius 3 is 2.86 bits per heavy atom. The third kappa shape index (κ3) is 2.05. The first-order valence-electron chi connectivity index (χ1n) is 4.50. The van der Waals surface area contributed by atoms with E-state index in [2.05, 4.69) is 0 Å². The number of aldehydes is 1. The van der Waals surface area contributed by atoms with E-state index in [1.165, 1.54) is 7.11 Å². The molecule has 0 saturated heterocycles. The molecule has 1 aromatic carbocycles. The fourth-order valence-electron chi connectivity index (χ4n) is 1.42. The standard InChI is InChI=1S/C11H14O3/c1-8(6-7-12)9-4-3-5-10(13)11(9)14-2/h3-5,7-8,13H,6H2,1-2H3. The molecular weight excluding hydrogens is 180 g/mol. The van der Waals surface area contributed by atoms with E-state index in [4.69, 9.17) is 4.74 Å². The Bertz CT molecular complexity index is 320. The van der Waals surface area contributed by atoms with E-state index < -0.39 is 0 Å². The Morgan fingerprint density at radius 2 is 2.29 bits per heavy atom. The summed E-state index contributed by atoms with van der Waals surface area (Å²) < 4.78 is 5.08. The number of ether oxygens (including phenoxy) is 1. The van der Waals surface area contributed by atoms with Crippen molar-refractivity contribution in [3.8, 4) is 11.5 Å². The summed E-state index contributed by atoms with van der Waals surface area (Å²) in [6.45, 7) is 1.92. The van der Waals surface area contributed by atoms with Crippen LogP contribution in [0.15, 0.2) is 18.2 Å². The Balaban J connectivity index is 3.06. The predicted molar refractivity (Wildman–Crippen MR) is 53.8 cm³/mol. The third-order valence-electron chi connectivity index (χ3n) is 2.21. The molecule has 0 aliphatic heterocycles. The molecule has 0 aliphatic rings. The highest BCUT2D eigenvalue weighted by molar-refractivity contribution is 5.54. The van der Waals surface area contributed by atoms with Gasteiger partial charge in [-0.1, -0.05) is 19.1 Å². The van der Waals surface area contributed by atoms with Crippen molar-refractivity contribution >= 4 is 6.29 Å². The van der Waals surface area contributed by atoms with Crippen molar-refractivity contribution < 1.29 is 14.6 Å². The van der Waals surface area contributed by atoms with E-state index in [1.54, 1.807) is 12.1 Å². The summed E-state index contributed by atoms with van der Waals surface area (Å²) in [7, 11) is 1.51. The molecule has 0 bridgehead atoms. The summed E-state index contributed by atoms with van der Waals surface area (Å²) in [6.07, 6.45) is 1.30. The zero-order valence-electron chi connectivity index (χ0n) is 8.36. The number of hydrogen-bond acceptors (Lipinski definition) is 3. The van der Waals surface area contributed by atoms with Crippen LogP contribution < -0.4 is 4.74 Å². The molecule has 1 aromatic rings. The highest BCUT2D eigenvalue weighted by Crippen LogP contribution is 2.35. The van der Waals surface area contributed by atoms with E-state index in [1.807, 2.05) is 13.0 Å². The van der Waals surface area contributed by atoms with Crippen LogP contribution in [0.25, 0.3) is 0 Å². The number of carbonyl (C=O) groups excluding carboxylic acids is 1. The van der Waals surface area contributed by atoms with Crippen molar-refractivity contribution in [1.82, 2.24) is 0 Å². The molecule has 0 aliphatic carbocycles. The second-order valence-electron chi connectivity index (χ2n) is 3.20. The van der Waals surface area contributed by atoms with Crippen LogP contribution in [0.4, 0.5) is 0 Å². The van der Waals surface area contributed by atoms with Crippen molar-refractivity contribution in [2.45, 2.75) is 19.3 Å². The minimum atomic E-state index is 0.0644. The van der Waals surface area contributed by atoms with E-state index >= 15 is 0 Å². The van der Waals surface area contributed by atoms with Gasteiger partial charge < -0.3 is 14.6 Å². The molecular formula is C11H14O3. The van der Waals surface area contributed by atoms with Gasteiger partial charge in [0.25, 0.3) is 0 Å². The number of carbonyl (C=O) groups is 1. The molecule has 0 radical (unpaired) electrons. The summed E-state index contributed by atoms with van der Waals surface area (Å²) in [4.78, 5) is 10.4. The van der Waals surface area contributed by atoms with Crippen LogP contribution in [0.1, 0.15) is 24.8 Å². The van der Waals surface area contributed by atoms with Crippen LogP contribution in [-0.2, 0) is 4.79 Å². The molecule has 0 fully saturated rings. The Hall–Kier alpha value is -1.51. The lowest BCUT2D eigenvalue weighted by Gasteiger charge is -2.14. The maximum absolute atomic E-state index is 10.4. The van der Waals surface area contributed by atoms with Crippen LogP contribution in [0.2, 0.25) is 0 Å². The van der Waals surface area contributed by atoms with Crippen molar-refractivity contribution in [2.75, 3.05) is 7.11 Å². The van der Waals surface area contributed by atoms with Crippen molar-refractivity contribution in [3.05, 3.63) is 23.8 Å². The lowest BCUT2D eigenvalue weighted by Crippen LogP contribution is -1.98. The fraction of sp³-hybridized carbons (Fsp3) is 0.364. The van der Waals surface area contributed by atoms with Gasteiger partial charge in [0, 0.05) is 12.0 Å². The zero-order chi connectivity index (χ0) is 10.6. The molecule has 0 spiro atoms. The van der Waals surface area contributed by atoms with E-state index in [-0.39, 0.29) is 11.7 Å². The molecule has 1 N–H and O–H groups in total. The van der Waals surface area contributed by atoms with Gasteiger partial charge in [-0.2, -0.15) is 0 Å². The Kier molecular flexibility index (Phi) is 3.51. The van der Waals surface area contributed by atoms with Gasteiger partial charge in [-0.3, -0.25) is 0 Å². The highest BCUT2D eigenvalue weighted by atomic mass is 16.5. The first kappa shape index (κ1) is 10.6. The van der Waals surface area contributed by atoms with E-state index in [0.29, 0.717) is 12.2 Å². The molecule has 1 atom stereocenters.